The summed E-state index contributed by atoms with van der Waals surface area (Å²) >= 11 is 3.44. The van der Waals surface area contributed by atoms with Gasteiger partial charge in [-0.05, 0) is 18.1 Å². The van der Waals surface area contributed by atoms with Gasteiger partial charge in [-0.25, -0.2) is 0 Å². The Labute approximate surface area is 81.7 Å². The molecule has 0 aliphatic rings. The summed E-state index contributed by atoms with van der Waals surface area (Å²) in [6.45, 7) is 5.77. The SMILES string of the molecule is C=C/C(Br)=C(\C)c1ccccc1. The molecule has 0 aliphatic heterocycles. The first-order chi connectivity index (χ1) is 5.75. The molecule has 1 heteroatoms. The van der Waals surface area contributed by atoms with Crippen molar-refractivity contribution in [2.24, 2.45) is 0 Å². The fraction of sp³-hybridized carbons (Fsp3) is 0.0909. The fourth-order valence-electron chi connectivity index (χ4n) is 0.979. The van der Waals surface area contributed by atoms with Gasteiger partial charge >= 0.3 is 0 Å². The van der Waals surface area contributed by atoms with Gasteiger partial charge in [0.25, 0.3) is 0 Å². The molecule has 62 valence electrons. The highest BCUT2D eigenvalue weighted by molar-refractivity contribution is 9.12. The van der Waals surface area contributed by atoms with E-state index in [1.54, 1.807) is 0 Å². The highest BCUT2D eigenvalue weighted by Gasteiger charge is 1.96. The van der Waals surface area contributed by atoms with Crippen LogP contribution < -0.4 is 0 Å². The maximum Gasteiger partial charge on any atom is 0.0204 e. The molecule has 0 aromatic heterocycles. The molecule has 0 heterocycles. The third kappa shape index (κ3) is 2.08. The predicted octanol–water partition coefficient (Wildman–Crippen LogP) is 4.00. The van der Waals surface area contributed by atoms with Crippen LogP contribution in [0.1, 0.15) is 12.5 Å². The van der Waals surface area contributed by atoms with Crippen LogP contribution in [0.15, 0.2) is 47.5 Å². The zero-order chi connectivity index (χ0) is 8.97. The number of benzene rings is 1. The summed E-state index contributed by atoms with van der Waals surface area (Å²) in [6.07, 6.45) is 1.81. The summed E-state index contributed by atoms with van der Waals surface area (Å²) in [5.74, 6) is 0. The molecule has 0 spiro atoms. The van der Waals surface area contributed by atoms with Crippen molar-refractivity contribution < 1.29 is 0 Å². The fourth-order valence-corrected chi connectivity index (χ4v) is 1.21. The molecule has 1 rings (SSSR count). The van der Waals surface area contributed by atoms with Crippen LogP contribution in [0.4, 0.5) is 0 Å². The van der Waals surface area contributed by atoms with Crippen LogP contribution in [-0.4, -0.2) is 0 Å². The Balaban J connectivity index is 3.08. The molecule has 0 bridgehead atoms. The van der Waals surface area contributed by atoms with Crippen molar-refractivity contribution in [3.8, 4) is 0 Å². The average Bonchev–Trinajstić information content (AvgIpc) is 2.17. The molecule has 0 nitrogen and oxygen atoms in total. The van der Waals surface area contributed by atoms with Crippen LogP contribution >= 0.6 is 15.9 Å². The van der Waals surface area contributed by atoms with Gasteiger partial charge in [-0.2, -0.15) is 0 Å². The molecule has 0 saturated carbocycles. The number of halogens is 1. The molecule has 1 aromatic rings. The summed E-state index contributed by atoms with van der Waals surface area (Å²) in [5, 5.41) is 0. The van der Waals surface area contributed by atoms with E-state index in [-0.39, 0.29) is 0 Å². The van der Waals surface area contributed by atoms with Gasteiger partial charge < -0.3 is 0 Å². The first-order valence-electron chi connectivity index (χ1n) is 3.80. The number of rotatable bonds is 2. The minimum atomic E-state index is 1.05. The van der Waals surface area contributed by atoms with Gasteiger partial charge in [-0.3, -0.25) is 0 Å². The monoisotopic (exact) mass is 222 g/mol. The zero-order valence-electron chi connectivity index (χ0n) is 7.05. The first-order valence-corrected chi connectivity index (χ1v) is 4.59. The molecular weight excluding hydrogens is 212 g/mol. The van der Waals surface area contributed by atoms with Crippen LogP contribution in [0.25, 0.3) is 5.57 Å². The van der Waals surface area contributed by atoms with Crippen LogP contribution in [-0.2, 0) is 0 Å². The Hall–Kier alpha value is -0.820. The first kappa shape index (κ1) is 9.27. The van der Waals surface area contributed by atoms with Crippen LogP contribution in [0, 0.1) is 0 Å². The standard InChI is InChI=1S/C11H11Br/c1-3-11(12)9(2)10-7-5-4-6-8-10/h3-8H,1H2,2H3/b11-9-. The van der Waals surface area contributed by atoms with Gasteiger partial charge in [0, 0.05) is 4.48 Å². The van der Waals surface area contributed by atoms with Crippen LogP contribution in [0.5, 0.6) is 0 Å². The van der Waals surface area contributed by atoms with E-state index in [1.807, 2.05) is 24.3 Å². The quantitative estimate of drug-likeness (QED) is 0.664. The van der Waals surface area contributed by atoms with E-state index in [9.17, 15) is 0 Å². The second-order valence-electron chi connectivity index (χ2n) is 2.54. The van der Waals surface area contributed by atoms with Crippen LogP contribution in [0.3, 0.4) is 0 Å². The van der Waals surface area contributed by atoms with Crippen molar-refractivity contribution in [3.63, 3.8) is 0 Å². The highest BCUT2D eigenvalue weighted by atomic mass is 79.9. The van der Waals surface area contributed by atoms with Gasteiger partial charge in [0.2, 0.25) is 0 Å². The van der Waals surface area contributed by atoms with Crippen LogP contribution in [0.2, 0.25) is 0 Å². The molecule has 1 aromatic carbocycles. The molecule has 12 heavy (non-hydrogen) atoms. The number of allylic oxidation sites excluding steroid dienone is 3. The van der Waals surface area contributed by atoms with E-state index < -0.39 is 0 Å². The van der Waals surface area contributed by atoms with E-state index >= 15 is 0 Å². The van der Waals surface area contributed by atoms with Crippen molar-refractivity contribution in [3.05, 3.63) is 53.0 Å². The van der Waals surface area contributed by atoms with E-state index in [0.29, 0.717) is 0 Å². The van der Waals surface area contributed by atoms with E-state index in [0.717, 1.165) is 4.48 Å². The molecule has 0 amide bonds. The second-order valence-corrected chi connectivity index (χ2v) is 3.40. The lowest BCUT2D eigenvalue weighted by Gasteiger charge is -2.01. The predicted molar refractivity (Wildman–Crippen MR) is 58.2 cm³/mol. The lowest BCUT2D eigenvalue weighted by atomic mass is 10.1. The molecule has 0 fully saturated rings. The Morgan fingerprint density at radius 2 is 1.92 bits per heavy atom. The molecule has 0 N–H and O–H groups in total. The third-order valence-corrected chi connectivity index (χ3v) is 2.66. The molecule has 0 saturated heterocycles. The van der Waals surface area contributed by atoms with Gasteiger partial charge in [0.1, 0.15) is 0 Å². The lowest BCUT2D eigenvalue weighted by Crippen LogP contribution is -1.79. The van der Waals surface area contributed by atoms with Crippen molar-refractivity contribution in [2.45, 2.75) is 6.92 Å². The smallest absolute Gasteiger partial charge is 0.0204 e. The lowest BCUT2D eigenvalue weighted by molar-refractivity contribution is 1.56. The number of hydrogen-bond acceptors (Lipinski definition) is 0. The third-order valence-electron chi connectivity index (χ3n) is 1.74. The van der Waals surface area contributed by atoms with Gasteiger partial charge in [-0.15, -0.1) is 0 Å². The summed E-state index contributed by atoms with van der Waals surface area (Å²) in [7, 11) is 0. The van der Waals surface area contributed by atoms with Gasteiger partial charge in [-0.1, -0.05) is 58.9 Å². The zero-order valence-corrected chi connectivity index (χ0v) is 8.64. The second kappa shape index (κ2) is 4.27. The normalized spacial score (nSPS) is 12.2. The Bertz CT molecular complexity index is 296. The molecule has 0 atom stereocenters. The van der Waals surface area contributed by atoms with Crippen molar-refractivity contribution in [1.29, 1.82) is 0 Å². The van der Waals surface area contributed by atoms with E-state index in [4.69, 9.17) is 0 Å². The minimum absolute atomic E-state index is 1.05. The summed E-state index contributed by atoms with van der Waals surface area (Å²) in [4.78, 5) is 0. The number of hydrogen-bond donors (Lipinski definition) is 0. The van der Waals surface area contributed by atoms with Gasteiger partial charge in [0.15, 0.2) is 0 Å². The Kier molecular flexibility index (Phi) is 3.30. The topological polar surface area (TPSA) is 0 Å². The largest absolute Gasteiger partial charge is 0.0979 e. The van der Waals surface area contributed by atoms with E-state index in [1.165, 1.54) is 11.1 Å². The maximum absolute atomic E-state index is 3.70. The van der Waals surface area contributed by atoms with Crippen molar-refractivity contribution >= 4 is 21.5 Å². The summed E-state index contributed by atoms with van der Waals surface area (Å²) in [5.41, 5.74) is 2.44. The molecule has 0 radical (unpaired) electrons. The molecular formula is C11H11Br. The summed E-state index contributed by atoms with van der Waals surface area (Å²) in [6, 6.07) is 10.2. The maximum atomic E-state index is 3.70. The van der Waals surface area contributed by atoms with Gasteiger partial charge in [0.05, 0.1) is 0 Å². The van der Waals surface area contributed by atoms with E-state index in [2.05, 4.69) is 41.6 Å². The Morgan fingerprint density at radius 1 is 1.33 bits per heavy atom. The molecule has 0 unspecified atom stereocenters. The highest BCUT2D eigenvalue weighted by Crippen LogP contribution is 2.22. The average molecular weight is 223 g/mol. The molecule has 0 aliphatic carbocycles. The minimum Gasteiger partial charge on any atom is -0.0979 e. The van der Waals surface area contributed by atoms with Crippen molar-refractivity contribution in [2.75, 3.05) is 0 Å². The van der Waals surface area contributed by atoms with Crippen molar-refractivity contribution in [1.82, 2.24) is 0 Å². The Morgan fingerprint density at radius 3 is 2.42 bits per heavy atom. The summed E-state index contributed by atoms with van der Waals surface area (Å²) < 4.78 is 1.05.